The third kappa shape index (κ3) is 3.65. The molecule has 1 aliphatic rings. The largest absolute Gasteiger partial charge is 0.478 e. The van der Waals surface area contributed by atoms with Crippen molar-refractivity contribution in [2.45, 2.75) is 26.3 Å². The number of likely N-dealkylation sites (N-methyl/N-ethyl adjacent to an activating group) is 1. The van der Waals surface area contributed by atoms with Crippen molar-refractivity contribution in [1.29, 1.82) is 0 Å². The van der Waals surface area contributed by atoms with Crippen LogP contribution in [0.25, 0.3) is 0 Å². The van der Waals surface area contributed by atoms with Crippen molar-refractivity contribution in [2.24, 2.45) is 0 Å². The van der Waals surface area contributed by atoms with Gasteiger partial charge in [-0.2, -0.15) is 0 Å². The van der Waals surface area contributed by atoms with Crippen molar-refractivity contribution >= 4 is 29.7 Å². The summed E-state index contributed by atoms with van der Waals surface area (Å²) in [5.41, 5.74) is -0.337. The number of carbonyl (C=O) groups excluding carboxylic acids is 4. The Bertz CT molecular complexity index is 565. The van der Waals surface area contributed by atoms with Crippen LogP contribution in [0.2, 0.25) is 0 Å². The van der Waals surface area contributed by atoms with Gasteiger partial charge in [-0.3, -0.25) is 24.6 Å². The number of amides is 5. The first-order valence-corrected chi connectivity index (χ1v) is 5.98. The molecule has 0 aliphatic carbocycles. The van der Waals surface area contributed by atoms with Gasteiger partial charge in [0.2, 0.25) is 5.91 Å². The molecule has 0 aromatic rings. The first kappa shape index (κ1) is 16.3. The number of carboxylic acids is 1. The van der Waals surface area contributed by atoms with Crippen molar-refractivity contribution in [3.8, 4) is 0 Å². The predicted molar refractivity (Wildman–Crippen MR) is 68.9 cm³/mol. The molecule has 0 spiro atoms. The fourth-order valence-electron chi connectivity index (χ4n) is 1.59. The lowest BCUT2D eigenvalue weighted by molar-refractivity contribution is -0.137. The molecule has 9 heteroatoms. The van der Waals surface area contributed by atoms with Crippen molar-refractivity contribution in [2.75, 3.05) is 7.05 Å². The zero-order valence-corrected chi connectivity index (χ0v) is 11.7. The molecule has 0 bridgehead atoms. The highest BCUT2D eigenvalue weighted by Gasteiger charge is 2.37. The van der Waals surface area contributed by atoms with Crippen LogP contribution in [0.3, 0.4) is 0 Å². The van der Waals surface area contributed by atoms with E-state index in [2.05, 4.69) is 5.32 Å². The highest BCUT2D eigenvalue weighted by Crippen LogP contribution is 2.10. The summed E-state index contributed by atoms with van der Waals surface area (Å²) in [6, 6.07) is -2.00. The molecule has 21 heavy (non-hydrogen) atoms. The maximum atomic E-state index is 11.6. The minimum atomic E-state index is -1.28. The van der Waals surface area contributed by atoms with Gasteiger partial charge in [-0.1, -0.05) is 0 Å². The van der Waals surface area contributed by atoms with Crippen molar-refractivity contribution in [3.05, 3.63) is 11.1 Å². The maximum Gasteiger partial charge on any atom is 0.331 e. The number of hydrogen-bond acceptors (Lipinski definition) is 5. The minimum absolute atomic E-state index is 0.136. The molecule has 9 nitrogen and oxygen atoms in total. The summed E-state index contributed by atoms with van der Waals surface area (Å²) in [6.45, 7) is 2.48. The fourth-order valence-corrected chi connectivity index (χ4v) is 1.59. The van der Waals surface area contributed by atoms with Gasteiger partial charge in [-0.25, -0.2) is 9.59 Å². The van der Waals surface area contributed by atoms with Gasteiger partial charge >= 0.3 is 12.0 Å². The van der Waals surface area contributed by atoms with Crippen LogP contribution < -0.4 is 10.6 Å². The number of hydrogen-bond donors (Lipinski definition) is 3. The Morgan fingerprint density at radius 3 is 2.19 bits per heavy atom. The van der Waals surface area contributed by atoms with E-state index in [9.17, 15) is 24.0 Å². The number of rotatable bonds is 3. The lowest BCUT2D eigenvalue weighted by Gasteiger charge is -2.12. The predicted octanol–water partition coefficient (Wildman–Crippen LogP) is -1.01. The molecule has 0 aromatic carbocycles. The van der Waals surface area contributed by atoms with E-state index in [1.807, 2.05) is 5.32 Å². The van der Waals surface area contributed by atoms with E-state index in [1.54, 1.807) is 0 Å². The van der Waals surface area contributed by atoms with Crippen LogP contribution in [0.1, 0.15) is 20.3 Å². The van der Waals surface area contributed by atoms with Gasteiger partial charge in [0.25, 0.3) is 11.8 Å². The standard InChI is InChI=1S/C12H15N3O6/c1-5(6(2)11(19)20)9(17)14-12(21)13-7-4-8(16)15(3)10(7)18/h7H,4H2,1-3H3,(H,19,20)(H2,13,14,17,21). The molecule has 1 unspecified atom stereocenters. The van der Waals surface area contributed by atoms with Crippen molar-refractivity contribution in [3.63, 3.8) is 0 Å². The molecule has 0 aromatic heterocycles. The number of carbonyl (C=O) groups is 5. The zero-order valence-electron chi connectivity index (χ0n) is 11.7. The molecular formula is C12H15N3O6. The number of nitrogens with zero attached hydrogens (tertiary/aromatic N) is 1. The lowest BCUT2D eigenvalue weighted by Crippen LogP contribution is -2.47. The normalized spacial score (nSPS) is 19.2. The molecule has 0 saturated carbocycles. The topological polar surface area (TPSA) is 133 Å². The van der Waals surface area contributed by atoms with Gasteiger partial charge in [0.05, 0.1) is 6.42 Å². The third-order valence-corrected chi connectivity index (χ3v) is 3.14. The molecule has 1 heterocycles. The number of imide groups is 2. The van der Waals surface area contributed by atoms with Gasteiger partial charge in [-0.15, -0.1) is 0 Å². The smallest absolute Gasteiger partial charge is 0.331 e. The Kier molecular flexibility index (Phi) is 4.79. The fraction of sp³-hybridized carbons (Fsp3) is 0.417. The quantitative estimate of drug-likeness (QED) is 0.451. The van der Waals surface area contributed by atoms with Crippen molar-refractivity contribution < 1.29 is 29.1 Å². The minimum Gasteiger partial charge on any atom is -0.478 e. The molecule has 1 rings (SSSR count). The van der Waals surface area contributed by atoms with Gasteiger partial charge in [0.15, 0.2) is 0 Å². The van der Waals surface area contributed by atoms with Crippen LogP contribution in [-0.4, -0.2) is 52.8 Å². The van der Waals surface area contributed by atoms with Gasteiger partial charge in [0.1, 0.15) is 6.04 Å². The summed E-state index contributed by atoms with van der Waals surface area (Å²) in [5.74, 6) is -3.18. The Morgan fingerprint density at radius 1 is 1.19 bits per heavy atom. The number of urea groups is 1. The van der Waals surface area contributed by atoms with Gasteiger partial charge in [-0.05, 0) is 13.8 Å². The van der Waals surface area contributed by atoms with Crippen LogP contribution in [-0.2, 0) is 19.2 Å². The highest BCUT2D eigenvalue weighted by atomic mass is 16.4. The summed E-state index contributed by atoms with van der Waals surface area (Å²) in [7, 11) is 1.29. The molecule has 114 valence electrons. The first-order chi connectivity index (χ1) is 9.65. The second kappa shape index (κ2) is 6.16. The maximum absolute atomic E-state index is 11.6. The van der Waals surface area contributed by atoms with E-state index in [4.69, 9.17) is 5.11 Å². The summed E-state index contributed by atoms with van der Waals surface area (Å²) < 4.78 is 0. The van der Waals surface area contributed by atoms with E-state index >= 15 is 0 Å². The third-order valence-electron chi connectivity index (χ3n) is 3.14. The van der Waals surface area contributed by atoms with Crippen LogP contribution in [0, 0.1) is 0 Å². The number of carboxylic acid groups (broad SMARTS) is 1. The van der Waals surface area contributed by atoms with Crippen LogP contribution >= 0.6 is 0 Å². The Balaban J connectivity index is 2.65. The monoisotopic (exact) mass is 297 g/mol. The molecule has 1 saturated heterocycles. The van der Waals surface area contributed by atoms with E-state index in [0.29, 0.717) is 0 Å². The molecule has 1 atom stereocenters. The Morgan fingerprint density at radius 2 is 1.76 bits per heavy atom. The van der Waals surface area contributed by atoms with Crippen LogP contribution in [0.15, 0.2) is 11.1 Å². The van der Waals surface area contributed by atoms with E-state index in [-0.39, 0.29) is 17.6 Å². The highest BCUT2D eigenvalue weighted by molar-refractivity contribution is 6.10. The number of aliphatic carboxylic acids is 1. The second-order valence-corrected chi connectivity index (χ2v) is 4.53. The summed E-state index contributed by atoms with van der Waals surface area (Å²) in [6.07, 6.45) is -0.181. The average molecular weight is 297 g/mol. The van der Waals surface area contributed by atoms with Crippen molar-refractivity contribution in [1.82, 2.24) is 15.5 Å². The molecule has 1 aliphatic heterocycles. The lowest BCUT2D eigenvalue weighted by atomic mass is 10.1. The van der Waals surface area contributed by atoms with Gasteiger partial charge < -0.3 is 10.4 Å². The molecular weight excluding hydrogens is 282 g/mol. The Hall–Kier alpha value is -2.71. The van der Waals surface area contributed by atoms with Crippen LogP contribution in [0.5, 0.6) is 0 Å². The Labute approximate surface area is 120 Å². The summed E-state index contributed by atoms with van der Waals surface area (Å²) in [4.78, 5) is 57.6. The number of likely N-dealkylation sites (tertiary alicyclic amines) is 1. The van der Waals surface area contributed by atoms with E-state index < -0.39 is 35.8 Å². The molecule has 5 amide bonds. The SMILES string of the molecule is CC(C(=O)O)=C(C)C(=O)NC(=O)NC1CC(=O)N(C)C1=O. The average Bonchev–Trinajstić information content (AvgIpc) is 2.64. The van der Waals surface area contributed by atoms with E-state index in [1.165, 1.54) is 20.9 Å². The molecule has 0 radical (unpaired) electrons. The molecule has 1 fully saturated rings. The first-order valence-electron chi connectivity index (χ1n) is 5.98. The second-order valence-electron chi connectivity index (χ2n) is 4.53. The summed E-state index contributed by atoms with van der Waals surface area (Å²) >= 11 is 0. The zero-order chi connectivity index (χ0) is 16.3. The summed E-state index contributed by atoms with van der Waals surface area (Å²) in [5, 5.41) is 12.8. The van der Waals surface area contributed by atoms with E-state index in [0.717, 1.165) is 4.90 Å². The molecule has 3 N–H and O–H groups in total. The number of nitrogens with one attached hydrogen (secondary N) is 2. The van der Waals surface area contributed by atoms with Crippen LogP contribution in [0.4, 0.5) is 4.79 Å². The van der Waals surface area contributed by atoms with Gasteiger partial charge in [0, 0.05) is 18.2 Å².